The molecule has 0 bridgehead atoms. The molecule has 0 fully saturated rings. The Labute approximate surface area is 131 Å². The van der Waals surface area contributed by atoms with Gasteiger partial charge in [-0.15, -0.1) is 0 Å². The average Bonchev–Trinajstić information content (AvgIpc) is 2.49. The highest BCUT2D eigenvalue weighted by molar-refractivity contribution is 5.90. The number of rotatable bonds is 12. The van der Waals surface area contributed by atoms with Gasteiger partial charge < -0.3 is 27.2 Å². The first kappa shape index (κ1) is 20.3. The van der Waals surface area contributed by atoms with Gasteiger partial charge >= 0.3 is 5.97 Å². The van der Waals surface area contributed by atoms with Crippen LogP contribution in [0, 0.1) is 0 Å². The van der Waals surface area contributed by atoms with Crippen LogP contribution in [0.15, 0.2) is 0 Å². The molecular weight excluding hydrogens is 288 g/mol. The van der Waals surface area contributed by atoms with Gasteiger partial charge in [0.1, 0.15) is 12.1 Å². The summed E-state index contributed by atoms with van der Waals surface area (Å²) >= 11 is 0. The number of carbonyl (C=O) groups is 3. The van der Waals surface area contributed by atoms with E-state index in [-0.39, 0.29) is 6.54 Å². The Morgan fingerprint density at radius 3 is 2.14 bits per heavy atom. The lowest BCUT2D eigenvalue weighted by Crippen LogP contribution is -2.52. The molecule has 0 saturated carbocycles. The van der Waals surface area contributed by atoms with E-state index in [0.29, 0.717) is 32.2 Å². The third-order valence-corrected chi connectivity index (χ3v) is 3.24. The van der Waals surface area contributed by atoms with Crippen LogP contribution < -0.4 is 22.1 Å². The van der Waals surface area contributed by atoms with Crippen LogP contribution >= 0.6 is 0 Å². The molecule has 0 aromatic heterocycles. The van der Waals surface area contributed by atoms with E-state index in [4.69, 9.17) is 16.6 Å². The molecule has 8 nitrogen and oxygen atoms in total. The molecule has 0 aliphatic carbocycles. The highest BCUT2D eigenvalue weighted by Crippen LogP contribution is 2.05. The lowest BCUT2D eigenvalue weighted by molar-refractivity contribution is -0.142. The SMILES string of the molecule is CCCC[C@H](NC(=O)CN)C(=O)N[C@@H](CCCCN)C(=O)O. The summed E-state index contributed by atoms with van der Waals surface area (Å²) in [5, 5.41) is 14.2. The number of unbranched alkanes of at least 4 members (excludes halogenated alkanes) is 2. The summed E-state index contributed by atoms with van der Waals surface area (Å²) in [6.07, 6.45) is 3.67. The molecule has 0 aliphatic heterocycles. The second-order valence-corrected chi connectivity index (χ2v) is 5.15. The fourth-order valence-corrected chi connectivity index (χ4v) is 1.95. The lowest BCUT2D eigenvalue weighted by Gasteiger charge is -2.21. The maximum atomic E-state index is 12.2. The summed E-state index contributed by atoms with van der Waals surface area (Å²) in [7, 11) is 0. The van der Waals surface area contributed by atoms with Gasteiger partial charge in [-0.2, -0.15) is 0 Å². The fraction of sp³-hybridized carbons (Fsp3) is 0.786. The quantitative estimate of drug-likeness (QED) is 0.301. The molecule has 0 saturated heterocycles. The predicted octanol–water partition coefficient (Wildman–Crippen LogP) is -0.681. The second-order valence-electron chi connectivity index (χ2n) is 5.15. The number of nitrogens with one attached hydrogen (secondary N) is 2. The van der Waals surface area contributed by atoms with E-state index >= 15 is 0 Å². The number of hydrogen-bond acceptors (Lipinski definition) is 5. The number of hydrogen-bond donors (Lipinski definition) is 5. The monoisotopic (exact) mass is 316 g/mol. The van der Waals surface area contributed by atoms with E-state index in [1.807, 2.05) is 6.92 Å². The number of carboxylic acid groups (broad SMARTS) is 1. The zero-order valence-electron chi connectivity index (χ0n) is 13.1. The highest BCUT2D eigenvalue weighted by Gasteiger charge is 2.25. The van der Waals surface area contributed by atoms with Gasteiger partial charge in [-0.05, 0) is 32.2 Å². The molecule has 8 heteroatoms. The van der Waals surface area contributed by atoms with E-state index < -0.39 is 29.9 Å². The predicted molar refractivity (Wildman–Crippen MR) is 83.0 cm³/mol. The van der Waals surface area contributed by atoms with Crippen LogP contribution in [0.25, 0.3) is 0 Å². The third kappa shape index (κ3) is 8.58. The molecule has 2 atom stereocenters. The minimum absolute atomic E-state index is 0.214. The first-order valence-electron chi connectivity index (χ1n) is 7.68. The maximum Gasteiger partial charge on any atom is 0.326 e. The van der Waals surface area contributed by atoms with Crippen LogP contribution in [-0.4, -0.2) is 48.1 Å². The van der Waals surface area contributed by atoms with Crippen LogP contribution in [-0.2, 0) is 14.4 Å². The van der Waals surface area contributed by atoms with Gasteiger partial charge in [0.25, 0.3) is 0 Å². The van der Waals surface area contributed by atoms with E-state index in [9.17, 15) is 14.4 Å². The largest absolute Gasteiger partial charge is 0.480 e. The number of carboxylic acids is 1. The normalized spacial score (nSPS) is 13.2. The van der Waals surface area contributed by atoms with Gasteiger partial charge in [-0.25, -0.2) is 4.79 Å². The van der Waals surface area contributed by atoms with Crippen LogP contribution in [0.4, 0.5) is 0 Å². The topological polar surface area (TPSA) is 148 Å². The van der Waals surface area contributed by atoms with Gasteiger partial charge in [0.2, 0.25) is 11.8 Å². The van der Waals surface area contributed by atoms with Gasteiger partial charge in [-0.1, -0.05) is 19.8 Å². The Bertz CT molecular complexity index is 363. The van der Waals surface area contributed by atoms with Crippen molar-refractivity contribution in [2.24, 2.45) is 11.5 Å². The van der Waals surface area contributed by atoms with E-state index in [1.54, 1.807) is 0 Å². The number of carbonyl (C=O) groups excluding carboxylic acids is 2. The number of amides is 2. The molecule has 0 aromatic carbocycles. The van der Waals surface area contributed by atoms with Gasteiger partial charge in [0.05, 0.1) is 6.54 Å². The average molecular weight is 316 g/mol. The van der Waals surface area contributed by atoms with E-state index in [1.165, 1.54) is 0 Å². The summed E-state index contributed by atoms with van der Waals surface area (Å²) in [6.45, 7) is 2.23. The molecular formula is C14H28N4O4. The standard InChI is InChI=1S/C14H28N4O4/c1-2-3-6-10(17-12(19)9-16)13(20)18-11(14(21)22)7-4-5-8-15/h10-11H,2-9,15-16H2,1H3,(H,17,19)(H,18,20)(H,21,22)/t10-,11-/m0/s1. The van der Waals surface area contributed by atoms with Crippen molar-refractivity contribution in [3.05, 3.63) is 0 Å². The molecule has 0 aromatic rings. The van der Waals surface area contributed by atoms with Crippen molar-refractivity contribution in [3.63, 3.8) is 0 Å². The van der Waals surface area contributed by atoms with Crippen LogP contribution in [0.1, 0.15) is 45.4 Å². The van der Waals surface area contributed by atoms with Crippen molar-refractivity contribution < 1.29 is 19.5 Å². The summed E-state index contributed by atoms with van der Waals surface area (Å²) in [6, 6.07) is -1.73. The molecule has 0 rings (SSSR count). The van der Waals surface area contributed by atoms with Crippen molar-refractivity contribution in [2.75, 3.05) is 13.1 Å². The molecule has 0 unspecified atom stereocenters. The molecule has 128 valence electrons. The van der Waals surface area contributed by atoms with Crippen LogP contribution in [0.2, 0.25) is 0 Å². The minimum atomic E-state index is -1.09. The number of aliphatic carboxylic acids is 1. The van der Waals surface area contributed by atoms with Crippen LogP contribution in [0.5, 0.6) is 0 Å². The molecule has 0 spiro atoms. The summed E-state index contributed by atoms with van der Waals surface area (Å²) in [4.78, 5) is 34.8. The maximum absolute atomic E-state index is 12.2. The van der Waals surface area contributed by atoms with Crippen molar-refractivity contribution >= 4 is 17.8 Å². The summed E-state index contributed by atoms with van der Waals surface area (Å²) < 4.78 is 0. The van der Waals surface area contributed by atoms with Gasteiger partial charge in [0, 0.05) is 0 Å². The lowest BCUT2D eigenvalue weighted by atomic mass is 10.1. The van der Waals surface area contributed by atoms with Gasteiger partial charge in [0.15, 0.2) is 0 Å². The molecule has 2 amide bonds. The van der Waals surface area contributed by atoms with Crippen molar-refractivity contribution in [2.45, 2.75) is 57.5 Å². The second kappa shape index (κ2) is 11.9. The summed E-state index contributed by atoms with van der Waals surface area (Å²) in [5.41, 5.74) is 10.6. The first-order chi connectivity index (χ1) is 10.5. The molecule has 22 heavy (non-hydrogen) atoms. The highest BCUT2D eigenvalue weighted by atomic mass is 16.4. The molecule has 7 N–H and O–H groups in total. The van der Waals surface area contributed by atoms with Crippen molar-refractivity contribution in [1.82, 2.24) is 10.6 Å². The van der Waals surface area contributed by atoms with E-state index in [0.717, 1.165) is 12.8 Å². The van der Waals surface area contributed by atoms with Crippen LogP contribution in [0.3, 0.4) is 0 Å². The first-order valence-corrected chi connectivity index (χ1v) is 7.68. The summed E-state index contributed by atoms with van der Waals surface area (Å²) in [5.74, 6) is -2.02. The fourth-order valence-electron chi connectivity index (χ4n) is 1.95. The van der Waals surface area contributed by atoms with Gasteiger partial charge in [-0.3, -0.25) is 9.59 Å². The van der Waals surface area contributed by atoms with Crippen molar-refractivity contribution in [1.29, 1.82) is 0 Å². The Kier molecular flexibility index (Phi) is 11.0. The molecule has 0 heterocycles. The third-order valence-electron chi connectivity index (χ3n) is 3.24. The minimum Gasteiger partial charge on any atom is -0.480 e. The smallest absolute Gasteiger partial charge is 0.326 e. The Morgan fingerprint density at radius 2 is 1.64 bits per heavy atom. The Morgan fingerprint density at radius 1 is 1.00 bits per heavy atom. The zero-order valence-corrected chi connectivity index (χ0v) is 13.1. The molecule has 0 radical (unpaired) electrons. The number of nitrogens with two attached hydrogens (primary N) is 2. The Hall–Kier alpha value is -1.67. The Balaban J connectivity index is 4.65. The van der Waals surface area contributed by atoms with E-state index in [2.05, 4.69) is 10.6 Å². The molecule has 0 aliphatic rings. The zero-order chi connectivity index (χ0) is 17.0. The van der Waals surface area contributed by atoms with Crippen molar-refractivity contribution in [3.8, 4) is 0 Å².